The highest BCUT2D eigenvalue weighted by atomic mass is 19.4. The monoisotopic (exact) mass is 169 g/mol. The Kier molecular flexibility index (Phi) is 2.11. The molecule has 0 aromatic heterocycles. The van der Waals surface area contributed by atoms with Gasteiger partial charge in [0.25, 0.3) is 0 Å². The Labute approximate surface area is 62.5 Å². The molecule has 1 saturated carbocycles. The molecule has 0 bridgehead atoms. The topological polar surface area (TPSA) is 35.2 Å². The van der Waals surface area contributed by atoms with Crippen molar-refractivity contribution in [2.24, 2.45) is 11.3 Å². The Morgan fingerprint density at radius 2 is 1.91 bits per heavy atom. The summed E-state index contributed by atoms with van der Waals surface area (Å²) in [7, 11) is 0. The summed E-state index contributed by atoms with van der Waals surface area (Å²) in [5.41, 5.74) is -0.688. The summed E-state index contributed by atoms with van der Waals surface area (Å²) in [5, 5.41) is 0. The van der Waals surface area contributed by atoms with E-state index < -0.39 is 18.0 Å². The van der Waals surface area contributed by atoms with E-state index in [1.54, 1.807) is 0 Å². The van der Waals surface area contributed by atoms with Crippen LogP contribution in [-0.4, -0.2) is 12.8 Å². The fourth-order valence-corrected chi connectivity index (χ4v) is 1.15. The van der Waals surface area contributed by atoms with Crippen LogP contribution in [0.3, 0.4) is 0 Å². The first-order valence-electron chi connectivity index (χ1n) is 3.36. The highest BCUT2D eigenvalue weighted by molar-refractivity contribution is 4.94. The van der Waals surface area contributed by atoms with Gasteiger partial charge in [0.05, 0.1) is 13.0 Å². The van der Waals surface area contributed by atoms with Crippen LogP contribution in [0.25, 0.3) is 0 Å². The van der Waals surface area contributed by atoms with E-state index in [2.05, 4.69) is 4.84 Å². The van der Waals surface area contributed by atoms with Crippen molar-refractivity contribution in [2.45, 2.75) is 25.4 Å². The lowest BCUT2D eigenvalue weighted by Gasteiger charge is -2.14. The Morgan fingerprint density at radius 3 is 2.18 bits per heavy atom. The molecule has 0 amide bonds. The molecule has 5 heteroatoms. The number of halogens is 3. The summed E-state index contributed by atoms with van der Waals surface area (Å²) in [6.45, 7) is 0.0203. The molecule has 0 aromatic rings. The molecule has 0 aromatic carbocycles. The predicted octanol–water partition coefficient (Wildman–Crippen LogP) is 1.61. The van der Waals surface area contributed by atoms with Gasteiger partial charge >= 0.3 is 6.18 Å². The number of nitrogens with two attached hydrogens (primary N) is 1. The normalized spacial score (nSPS) is 21.8. The Bertz CT molecular complexity index is 141. The molecule has 66 valence electrons. The maximum absolute atomic E-state index is 11.8. The zero-order chi connectivity index (χ0) is 8.54. The summed E-state index contributed by atoms with van der Waals surface area (Å²) in [5.74, 6) is 4.71. The van der Waals surface area contributed by atoms with Gasteiger partial charge in [-0.2, -0.15) is 13.2 Å². The molecule has 1 aliphatic rings. The second-order valence-electron chi connectivity index (χ2n) is 3.10. The van der Waals surface area contributed by atoms with Crippen molar-refractivity contribution >= 4 is 0 Å². The van der Waals surface area contributed by atoms with Crippen LogP contribution >= 0.6 is 0 Å². The van der Waals surface area contributed by atoms with Gasteiger partial charge in [0.2, 0.25) is 0 Å². The lowest BCUT2D eigenvalue weighted by Crippen LogP contribution is -2.22. The Hall–Kier alpha value is -0.290. The van der Waals surface area contributed by atoms with Crippen molar-refractivity contribution in [3.63, 3.8) is 0 Å². The highest BCUT2D eigenvalue weighted by Crippen LogP contribution is 2.52. The van der Waals surface area contributed by atoms with Crippen molar-refractivity contribution in [3.05, 3.63) is 0 Å². The average Bonchev–Trinajstić information content (AvgIpc) is 2.44. The zero-order valence-corrected chi connectivity index (χ0v) is 5.95. The summed E-state index contributed by atoms with van der Waals surface area (Å²) < 4.78 is 35.5. The Balaban J connectivity index is 2.35. The molecule has 0 atom stereocenters. The molecule has 0 spiro atoms. The minimum absolute atomic E-state index is 0.0203. The first-order valence-corrected chi connectivity index (χ1v) is 3.36. The lowest BCUT2D eigenvalue weighted by atomic mass is 10.0. The predicted molar refractivity (Wildman–Crippen MR) is 32.5 cm³/mol. The third-order valence-corrected chi connectivity index (χ3v) is 1.92. The SMILES string of the molecule is NOCC1(CC(F)(F)F)CC1. The van der Waals surface area contributed by atoms with Gasteiger partial charge in [-0.15, -0.1) is 0 Å². The van der Waals surface area contributed by atoms with Crippen LogP contribution in [0, 0.1) is 5.41 Å². The maximum atomic E-state index is 11.8. The third-order valence-electron chi connectivity index (χ3n) is 1.92. The van der Waals surface area contributed by atoms with E-state index in [9.17, 15) is 13.2 Å². The van der Waals surface area contributed by atoms with Crippen molar-refractivity contribution < 1.29 is 18.0 Å². The molecule has 0 aliphatic heterocycles. The third kappa shape index (κ3) is 2.67. The second kappa shape index (κ2) is 2.64. The van der Waals surface area contributed by atoms with Gasteiger partial charge in [-0.05, 0) is 12.8 Å². The van der Waals surface area contributed by atoms with E-state index in [1.165, 1.54) is 0 Å². The van der Waals surface area contributed by atoms with E-state index in [-0.39, 0.29) is 6.61 Å². The van der Waals surface area contributed by atoms with Crippen molar-refractivity contribution in [1.82, 2.24) is 0 Å². The molecular formula is C6H10F3NO. The largest absolute Gasteiger partial charge is 0.389 e. The van der Waals surface area contributed by atoms with E-state index >= 15 is 0 Å². The van der Waals surface area contributed by atoms with E-state index in [1.807, 2.05) is 0 Å². The summed E-state index contributed by atoms with van der Waals surface area (Å²) in [6, 6.07) is 0. The van der Waals surface area contributed by atoms with Crippen molar-refractivity contribution in [2.75, 3.05) is 6.61 Å². The minimum atomic E-state index is -4.09. The fourth-order valence-electron chi connectivity index (χ4n) is 1.15. The molecule has 1 fully saturated rings. The minimum Gasteiger partial charge on any atom is -0.304 e. The summed E-state index contributed by atoms with van der Waals surface area (Å²) in [6.07, 6.45) is -3.71. The average molecular weight is 169 g/mol. The summed E-state index contributed by atoms with van der Waals surface area (Å²) in [4.78, 5) is 4.22. The van der Waals surface area contributed by atoms with Crippen LogP contribution in [0.2, 0.25) is 0 Å². The van der Waals surface area contributed by atoms with E-state index in [0.717, 1.165) is 0 Å². The molecule has 0 saturated heterocycles. The van der Waals surface area contributed by atoms with Gasteiger partial charge in [0.15, 0.2) is 0 Å². The number of alkyl halides is 3. The summed E-state index contributed by atoms with van der Waals surface area (Å²) >= 11 is 0. The van der Waals surface area contributed by atoms with Crippen LogP contribution in [0.1, 0.15) is 19.3 Å². The Morgan fingerprint density at radius 1 is 1.36 bits per heavy atom. The van der Waals surface area contributed by atoms with Gasteiger partial charge in [-0.25, -0.2) is 5.90 Å². The quantitative estimate of drug-likeness (QED) is 0.651. The van der Waals surface area contributed by atoms with Crippen LogP contribution in [0.15, 0.2) is 0 Å². The van der Waals surface area contributed by atoms with Crippen LogP contribution < -0.4 is 5.90 Å². The molecule has 0 unspecified atom stereocenters. The molecule has 0 heterocycles. The lowest BCUT2D eigenvalue weighted by molar-refractivity contribution is -0.152. The number of hydrogen-bond acceptors (Lipinski definition) is 2. The molecule has 1 aliphatic carbocycles. The van der Waals surface area contributed by atoms with Crippen molar-refractivity contribution in [1.29, 1.82) is 0 Å². The smallest absolute Gasteiger partial charge is 0.304 e. The first kappa shape index (κ1) is 8.80. The maximum Gasteiger partial charge on any atom is 0.389 e. The molecule has 11 heavy (non-hydrogen) atoms. The second-order valence-corrected chi connectivity index (χ2v) is 3.10. The van der Waals surface area contributed by atoms with Gasteiger partial charge in [-0.1, -0.05) is 0 Å². The van der Waals surface area contributed by atoms with Crippen molar-refractivity contribution in [3.8, 4) is 0 Å². The zero-order valence-electron chi connectivity index (χ0n) is 5.95. The van der Waals surface area contributed by atoms with Crippen LogP contribution in [0.4, 0.5) is 13.2 Å². The first-order chi connectivity index (χ1) is 4.97. The molecule has 2 N–H and O–H groups in total. The number of hydrogen-bond donors (Lipinski definition) is 1. The van der Waals surface area contributed by atoms with Gasteiger partial charge < -0.3 is 4.84 Å². The van der Waals surface area contributed by atoms with E-state index in [0.29, 0.717) is 12.8 Å². The van der Waals surface area contributed by atoms with Gasteiger partial charge in [0, 0.05) is 5.41 Å². The highest BCUT2D eigenvalue weighted by Gasteiger charge is 2.50. The van der Waals surface area contributed by atoms with Crippen LogP contribution in [0.5, 0.6) is 0 Å². The van der Waals surface area contributed by atoms with Gasteiger partial charge in [-0.3, -0.25) is 0 Å². The molecule has 1 rings (SSSR count). The van der Waals surface area contributed by atoms with Gasteiger partial charge in [0.1, 0.15) is 0 Å². The standard InChI is InChI=1S/C6H10F3NO/c7-6(8,9)3-5(1-2-5)4-11-10/h1-4,10H2. The molecular weight excluding hydrogens is 159 g/mol. The number of rotatable bonds is 3. The molecule has 2 nitrogen and oxygen atoms in total. The fraction of sp³-hybridized carbons (Fsp3) is 1.00. The molecule has 0 radical (unpaired) electrons. The van der Waals surface area contributed by atoms with E-state index in [4.69, 9.17) is 5.90 Å². The van der Waals surface area contributed by atoms with Crippen LogP contribution in [-0.2, 0) is 4.84 Å².